The quantitative estimate of drug-likeness (QED) is 0.558. The second kappa shape index (κ2) is 10.0. The van der Waals surface area contributed by atoms with Gasteiger partial charge in [-0.15, -0.1) is 0 Å². The standard InChI is InChI=1S/C24H31NO3/c1-16(2)7-8-17(3)23-22(27-5)14-21(26-4)20(24(23)28-6)13-18-9-11-19(15-25)12-10-18/h9-12,14,16-17H,7-8,13H2,1-6H3/t17-/m0/s1. The van der Waals surface area contributed by atoms with E-state index in [-0.39, 0.29) is 0 Å². The highest BCUT2D eigenvalue weighted by atomic mass is 16.5. The highest BCUT2D eigenvalue weighted by molar-refractivity contribution is 5.60. The van der Waals surface area contributed by atoms with Gasteiger partial charge in [0.25, 0.3) is 0 Å². The molecule has 2 aromatic rings. The van der Waals surface area contributed by atoms with Gasteiger partial charge in [0.05, 0.1) is 33.0 Å². The number of nitriles is 1. The summed E-state index contributed by atoms with van der Waals surface area (Å²) in [5, 5.41) is 9.02. The van der Waals surface area contributed by atoms with Gasteiger partial charge in [-0.3, -0.25) is 0 Å². The van der Waals surface area contributed by atoms with Gasteiger partial charge in [0, 0.05) is 23.6 Å². The van der Waals surface area contributed by atoms with Crippen LogP contribution in [0.5, 0.6) is 17.2 Å². The van der Waals surface area contributed by atoms with Crippen molar-refractivity contribution in [1.29, 1.82) is 5.26 Å². The van der Waals surface area contributed by atoms with Gasteiger partial charge in [0.1, 0.15) is 17.2 Å². The van der Waals surface area contributed by atoms with Crippen LogP contribution < -0.4 is 14.2 Å². The molecule has 0 amide bonds. The fourth-order valence-electron chi connectivity index (χ4n) is 3.52. The van der Waals surface area contributed by atoms with Crippen molar-refractivity contribution >= 4 is 0 Å². The third-order valence-electron chi connectivity index (χ3n) is 5.12. The molecule has 0 saturated heterocycles. The molecule has 0 spiro atoms. The molecule has 1 atom stereocenters. The Hall–Kier alpha value is -2.67. The lowest BCUT2D eigenvalue weighted by molar-refractivity contribution is 0.356. The second-order valence-corrected chi connectivity index (χ2v) is 7.56. The van der Waals surface area contributed by atoms with E-state index in [0.717, 1.165) is 46.8 Å². The molecule has 0 aliphatic rings. The summed E-state index contributed by atoms with van der Waals surface area (Å²) in [5.41, 5.74) is 3.85. The summed E-state index contributed by atoms with van der Waals surface area (Å²) in [6.45, 7) is 6.71. The maximum Gasteiger partial charge on any atom is 0.133 e. The van der Waals surface area contributed by atoms with Gasteiger partial charge in [0.15, 0.2) is 0 Å². The molecule has 0 radical (unpaired) electrons. The predicted octanol–water partition coefficient (Wildman–Crippen LogP) is 5.71. The first-order chi connectivity index (χ1) is 13.4. The number of benzene rings is 2. The molecule has 0 aliphatic carbocycles. The average molecular weight is 382 g/mol. The van der Waals surface area contributed by atoms with E-state index in [1.807, 2.05) is 30.3 Å². The number of hydrogen-bond donors (Lipinski definition) is 0. The fraction of sp³-hybridized carbons (Fsp3) is 0.458. The zero-order valence-electron chi connectivity index (χ0n) is 17.8. The maximum absolute atomic E-state index is 9.02. The summed E-state index contributed by atoms with van der Waals surface area (Å²) in [5.74, 6) is 3.33. The monoisotopic (exact) mass is 381 g/mol. The molecule has 0 bridgehead atoms. The summed E-state index contributed by atoms with van der Waals surface area (Å²) in [6.07, 6.45) is 2.86. The maximum atomic E-state index is 9.02. The van der Waals surface area contributed by atoms with Crippen molar-refractivity contribution in [3.63, 3.8) is 0 Å². The lowest BCUT2D eigenvalue weighted by Crippen LogP contribution is -2.07. The van der Waals surface area contributed by atoms with Gasteiger partial charge in [-0.25, -0.2) is 0 Å². The summed E-state index contributed by atoms with van der Waals surface area (Å²) < 4.78 is 17.3. The Balaban J connectivity index is 2.52. The van der Waals surface area contributed by atoms with Crippen LogP contribution in [0, 0.1) is 17.2 Å². The summed E-state index contributed by atoms with van der Waals surface area (Å²) >= 11 is 0. The summed E-state index contributed by atoms with van der Waals surface area (Å²) in [6, 6.07) is 11.7. The van der Waals surface area contributed by atoms with E-state index in [1.165, 1.54) is 0 Å². The molecule has 0 unspecified atom stereocenters. The highest BCUT2D eigenvalue weighted by Gasteiger charge is 2.24. The zero-order chi connectivity index (χ0) is 20.7. The van der Waals surface area contributed by atoms with Gasteiger partial charge >= 0.3 is 0 Å². The van der Waals surface area contributed by atoms with E-state index < -0.39 is 0 Å². The molecule has 2 rings (SSSR count). The van der Waals surface area contributed by atoms with Crippen molar-refractivity contribution in [1.82, 2.24) is 0 Å². The van der Waals surface area contributed by atoms with Crippen molar-refractivity contribution in [3.05, 3.63) is 52.6 Å². The lowest BCUT2D eigenvalue weighted by Gasteiger charge is -2.24. The SMILES string of the molecule is COc1cc(OC)c([C@@H](C)CCC(C)C)c(OC)c1Cc1ccc(C#N)cc1. The van der Waals surface area contributed by atoms with Crippen molar-refractivity contribution in [2.75, 3.05) is 21.3 Å². The zero-order valence-corrected chi connectivity index (χ0v) is 17.8. The predicted molar refractivity (Wildman–Crippen MR) is 113 cm³/mol. The molecule has 150 valence electrons. The minimum Gasteiger partial charge on any atom is -0.496 e. The number of rotatable bonds is 9. The van der Waals surface area contributed by atoms with E-state index in [4.69, 9.17) is 19.5 Å². The largest absolute Gasteiger partial charge is 0.496 e. The first kappa shape index (κ1) is 21.6. The molecule has 4 nitrogen and oxygen atoms in total. The first-order valence-electron chi connectivity index (χ1n) is 9.75. The molecule has 0 aromatic heterocycles. The number of hydrogen-bond acceptors (Lipinski definition) is 4. The van der Waals surface area contributed by atoms with Gasteiger partial charge < -0.3 is 14.2 Å². The fourth-order valence-corrected chi connectivity index (χ4v) is 3.52. The Morgan fingerprint density at radius 2 is 1.54 bits per heavy atom. The normalized spacial score (nSPS) is 11.8. The van der Waals surface area contributed by atoms with Crippen molar-refractivity contribution in [2.45, 2.75) is 46.0 Å². The van der Waals surface area contributed by atoms with E-state index in [2.05, 4.69) is 26.8 Å². The summed E-state index contributed by atoms with van der Waals surface area (Å²) in [4.78, 5) is 0. The van der Waals surface area contributed by atoms with Crippen molar-refractivity contribution < 1.29 is 14.2 Å². The van der Waals surface area contributed by atoms with Crippen LogP contribution in [-0.4, -0.2) is 21.3 Å². The van der Waals surface area contributed by atoms with Gasteiger partial charge in [0.2, 0.25) is 0 Å². The van der Waals surface area contributed by atoms with Crippen LogP contribution in [0.2, 0.25) is 0 Å². The van der Waals surface area contributed by atoms with Crippen LogP contribution in [-0.2, 0) is 6.42 Å². The third kappa shape index (κ3) is 4.98. The molecular formula is C24H31NO3. The van der Waals surface area contributed by atoms with Gasteiger partial charge in [-0.1, -0.05) is 39.3 Å². The van der Waals surface area contributed by atoms with Crippen molar-refractivity contribution in [2.24, 2.45) is 5.92 Å². The van der Waals surface area contributed by atoms with Crippen LogP contribution in [0.3, 0.4) is 0 Å². The topological polar surface area (TPSA) is 51.5 Å². The third-order valence-corrected chi connectivity index (χ3v) is 5.12. The number of nitrogens with zero attached hydrogens (tertiary/aromatic N) is 1. The molecule has 4 heteroatoms. The van der Waals surface area contributed by atoms with Crippen LogP contribution in [0.25, 0.3) is 0 Å². The Morgan fingerprint density at radius 1 is 0.893 bits per heavy atom. The average Bonchev–Trinajstić information content (AvgIpc) is 2.71. The molecule has 28 heavy (non-hydrogen) atoms. The number of methoxy groups -OCH3 is 3. The van der Waals surface area contributed by atoms with Crippen LogP contribution in [0.4, 0.5) is 0 Å². The minimum absolute atomic E-state index is 0.304. The molecule has 0 saturated carbocycles. The van der Waals surface area contributed by atoms with E-state index >= 15 is 0 Å². The van der Waals surface area contributed by atoms with Crippen molar-refractivity contribution in [3.8, 4) is 23.3 Å². The molecule has 2 aromatic carbocycles. The van der Waals surface area contributed by atoms with Crippen LogP contribution >= 0.6 is 0 Å². The lowest BCUT2D eigenvalue weighted by atomic mass is 9.88. The van der Waals surface area contributed by atoms with Gasteiger partial charge in [-0.05, 0) is 36.0 Å². The van der Waals surface area contributed by atoms with Crippen LogP contribution in [0.15, 0.2) is 30.3 Å². The highest BCUT2D eigenvalue weighted by Crippen LogP contribution is 2.45. The molecule has 0 heterocycles. The van der Waals surface area contributed by atoms with E-state index in [9.17, 15) is 0 Å². The van der Waals surface area contributed by atoms with Gasteiger partial charge in [-0.2, -0.15) is 5.26 Å². The molecule has 0 fully saturated rings. The minimum atomic E-state index is 0.304. The molecule has 0 aliphatic heterocycles. The summed E-state index contributed by atoms with van der Waals surface area (Å²) in [7, 11) is 5.06. The Bertz CT molecular complexity index is 819. The Labute approximate surface area is 169 Å². The molecule has 0 N–H and O–H groups in total. The van der Waals surface area contributed by atoms with E-state index in [1.54, 1.807) is 21.3 Å². The smallest absolute Gasteiger partial charge is 0.133 e. The second-order valence-electron chi connectivity index (χ2n) is 7.56. The number of ether oxygens (including phenoxy) is 3. The first-order valence-corrected chi connectivity index (χ1v) is 9.75. The van der Waals surface area contributed by atoms with E-state index in [0.29, 0.717) is 23.8 Å². The Kier molecular flexibility index (Phi) is 7.75. The van der Waals surface area contributed by atoms with Crippen LogP contribution in [0.1, 0.15) is 61.8 Å². The molecular weight excluding hydrogens is 350 g/mol. The Morgan fingerprint density at radius 3 is 2.04 bits per heavy atom.